The van der Waals surface area contributed by atoms with Crippen LogP contribution in [0.5, 0.6) is 0 Å². The first-order chi connectivity index (χ1) is 6.70. The second-order valence-electron chi connectivity index (χ2n) is 2.70. The fraction of sp³-hybridized carbons (Fsp3) is 0.625. The van der Waals surface area contributed by atoms with Gasteiger partial charge in [-0.3, -0.25) is 15.0 Å². The second-order valence-corrected chi connectivity index (χ2v) is 2.70. The van der Waals surface area contributed by atoms with E-state index in [0.717, 1.165) is 12.8 Å². The number of rotatable bonds is 6. The van der Waals surface area contributed by atoms with Gasteiger partial charge >= 0.3 is 0 Å². The molecular weight excluding hydrogens is 184 g/mol. The summed E-state index contributed by atoms with van der Waals surface area (Å²) in [6.07, 6.45) is 3.59. The summed E-state index contributed by atoms with van der Waals surface area (Å²) in [5, 5.41) is 3.68. The first kappa shape index (κ1) is 12.6. The van der Waals surface area contributed by atoms with Crippen molar-refractivity contribution < 1.29 is 9.59 Å². The molecule has 6 nitrogen and oxygen atoms in total. The molecule has 0 aromatic carbocycles. The van der Waals surface area contributed by atoms with E-state index in [0.29, 0.717) is 0 Å². The number of unbranched alkanes of at least 4 members (excludes halogenated alkanes) is 1. The van der Waals surface area contributed by atoms with Gasteiger partial charge in [-0.2, -0.15) is 5.10 Å². The van der Waals surface area contributed by atoms with Crippen LogP contribution < -0.4 is 16.7 Å². The van der Waals surface area contributed by atoms with Gasteiger partial charge in [-0.05, 0) is 6.42 Å². The molecule has 0 rings (SSSR count). The summed E-state index contributed by atoms with van der Waals surface area (Å²) >= 11 is 0. The average Bonchev–Trinajstić information content (AvgIpc) is 2.21. The molecule has 0 saturated heterocycles. The van der Waals surface area contributed by atoms with Crippen molar-refractivity contribution in [2.24, 2.45) is 10.9 Å². The molecule has 6 heteroatoms. The van der Waals surface area contributed by atoms with E-state index in [4.69, 9.17) is 5.84 Å². The van der Waals surface area contributed by atoms with Crippen LogP contribution in [0.25, 0.3) is 0 Å². The zero-order chi connectivity index (χ0) is 10.8. The zero-order valence-electron chi connectivity index (χ0n) is 8.25. The van der Waals surface area contributed by atoms with Crippen LogP contribution in [0.1, 0.15) is 32.6 Å². The molecule has 0 heterocycles. The number of nitrogens with zero attached hydrogens (tertiary/aromatic N) is 1. The van der Waals surface area contributed by atoms with Crippen LogP contribution in [0.3, 0.4) is 0 Å². The molecule has 0 unspecified atom stereocenters. The number of hydrazine groups is 1. The first-order valence-electron chi connectivity index (χ1n) is 4.50. The van der Waals surface area contributed by atoms with Crippen LogP contribution in [0, 0.1) is 0 Å². The van der Waals surface area contributed by atoms with Crippen molar-refractivity contribution in [2.75, 3.05) is 0 Å². The van der Waals surface area contributed by atoms with Crippen molar-refractivity contribution in [2.45, 2.75) is 32.6 Å². The minimum absolute atomic E-state index is 0.0750. The van der Waals surface area contributed by atoms with Crippen molar-refractivity contribution in [3.8, 4) is 0 Å². The third kappa shape index (κ3) is 7.23. The van der Waals surface area contributed by atoms with Crippen LogP contribution in [-0.4, -0.2) is 18.0 Å². The highest BCUT2D eigenvalue weighted by molar-refractivity contribution is 5.83. The van der Waals surface area contributed by atoms with Gasteiger partial charge in [0, 0.05) is 19.1 Å². The predicted molar refractivity (Wildman–Crippen MR) is 53.1 cm³/mol. The molecule has 0 atom stereocenters. The van der Waals surface area contributed by atoms with E-state index in [9.17, 15) is 9.59 Å². The summed E-state index contributed by atoms with van der Waals surface area (Å²) < 4.78 is 0. The maximum Gasteiger partial charge on any atom is 0.240 e. The Kier molecular flexibility index (Phi) is 7.35. The van der Waals surface area contributed by atoms with E-state index in [2.05, 4.69) is 10.5 Å². The smallest absolute Gasteiger partial charge is 0.240 e. The Morgan fingerprint density at radius 1 is 1.36 bits per heavy atom. The Balaban J connectivity index is 3.51. The van der Waals surface area contributed by atoms with Crippen molar-refractivity contribution in [1.82, 2.24) is 10.9 Å². The standard InChI is InChI=1S/C8H16N4O2/c1-2-3-6-10-12-8(14)5-4-7(13)11-9/h6H,2-5,9H2,1H3,(H,11,13)(H,12,14)/b10-6-. The fourth-order valence-electron chi connectivity index (χ4n) is 0.666. The highest BCUT2D eigenvalue weighted by Crippen LogP contribution is 1.88. The predicted octanol–water partition coefficient (Wildman–Crippen LogP) is -0.341. The van der Waals surface area contributed by atoms with Gasteiger partial charge in [-0.25, -0.2) is 11.3 Å². The topological polar surface area (TPSA) is 96.6 Å². The number of carbonyl (C=O) groups excluding carboxylic acids is 2. The fourth-order valence-corrected chi connectivity index (χ4v) is 0.666. The largest absolute Gasteiger partial charge is 0.294 e. The van der Waals surface area contributed by atoms with Gasteiger partial charge in [0.15, 0.2) is 0 Å². The zero-order valence-corrected chi connectivity index (χ0v) is 8.25. The summed E-state index contributed by atoms with van der Waals surface area (Å²) in [4.78, 5) is 21.6. The molecule has 0 aromatic rings. The Morgan fingerprint density at radius 2 is 2.00 bits per heavy atom. The van der Waals surface area contributed by atoms with Crippen molar-refractivity contribution >= 4 is 18.0 Å². The molecular formula is C8H16N4O2. The van der Waals surface area contributed by atoms with Crippen molar-refractivity contribution in [1.29, 1.82) is 0 Å². The van der Waals surface area contributed by atoms with E-state index in [1.807, 2.05) is 12.3 Å². The van der Waals surface area contributed by atoms with Gasteiger partial charge in [0.1, 0.15) is 0 Å². The molecule has 0 aliphatic heterocycles. The highest BCUT2D eigenvalue weighted by Gasteiger charge is 2.03. The highest BCUT2D eigenvalue weighted by atomic mass is 16.2. The van der Waals surface area contributed by atoms with Gasteiger partial charge in [0.25, 0.3) is 0 Å². The number of hydrogen-bond acceptors (Lipinski definition) is 4. The van der Waals surface area contributed by atoms with Crippen LogP contribution in [0.4, 0.5) is 0 Å². The van der Waals surface area contributed by atoms with E-state index >= 15 is 0 Å². The van der Waals surface area contributed by atoms with Crippen molar-refractivity contribution in [3.63, 3.8) is 0 Å². The van der Waals surface area contributed by atoms with Crippen molar-refractivity contribution in [3.05, 3.63) is 0 Å². The average molecular weight is 200 g/mol. The summed E-state index contributed by atoms with van der Waals surface area (Å²) in [5.41, 5.74) is 4.25. The molecule has 14 heavy (non-hydrogen) atoms. The lowest BCUT2D eigenvalue weighted by atomic mass is 10.3. The Bertz CT molecular complexity index is 215. The van der Waals surface area contributed by atoms with Crippen LogP contribution in [-0.2, 0) is 9.59 Å². The molecule has 4 N–H and O–H groups in total. The molecule has 0 bridgehead atoms. The summed E-state index contributed by atoms with van der Waals surface area (Å²) in [7, 11) is 0. The third-order valence-corrected chi connectivity index (χ3v) is 1.44. The number of carbonyl (C=O) groups is 2. The minimum atomic E-state index is -0.363. The Labute approximate surface area is 82.9 Å². The van der Waals surface area contributed by atoms with Crippen LogP contribution in [0.15, 0.2) is 5.10 Å². The number of hydrogen-bond donors (Lipinski definition) is 3. The van der Waals surface area contributed by atoms with Gasteiger partial charge in [0.2, 0.25) is 11.8 Å². The molecule has 0 spiro atoms. The summed E-state index contributed by atoms with van der Waals surface area (Å²) in [5.74, 6) is 4.18. The number of nitrogens with one attached hydrogen (secondary N) is 2. The lowest BCUT2D eigenvalue weighted by Crippen LogP contribution is -2.31. The summed E-state index contributed by atoms with van der Waals surface area (Å²) in [6.45, 7) is 2.01. The van der Waals surface area contributed by atoms with Gasteiger partial charge in [-0.1, -0.05) is 13.3 Å². The molecule has 0 radical (unpaired) electrons. The maximum absolute atomic E-state index is 11.0. The molecule has 0 fully saturated rings. The summed E-state index contributed by atoms with van der Waals surface area (Å²) in [6, 6.07) is 0. The van der Waals surface area contributed by atoms with E-state index in [1.54, 1.807) is 6.21 Å². The Hall–Kier alpha value is -1.43. The normalized spacial score (nSPS) is 10.1. The first-order valence-corrected chi connectivity index (χ1v) is 4.50. The van der Waals surface area contributed by atoms with E-state index in [-0.39, 0.29) is 24.7 Å². The molecule has 0 aliphatic rings. The maximum atomic E-state index is 11.0. The second kappa shape index (κ2) is 8.18. The molecule has 0 saturated carbocycles. The quantitative estimate of drug-likeness (QED) is 0.237. The van der Waals surface area contributed by atoms with E-state index < -0.39 is 0 Å². The number of amides is 2. The van der Waals surface area contributed by atoms with Gasteiger partial charge in [0.05, 0.1) is 0 Å². The SMILES string of the molecule is CCC/C=N\NC(=O)CCC(=O)NN. The van der Waals surface area contributed by atoms with Crippen LogP contribution in [0.2, 0.25) is 0 Å². The van der Waals surface area contributed by atoms with Gasteiger partial charge < -0.3 is 0 Å². The Morgan fingerprint density at radius 3 is 2.57 bits per heavy atom. The van der Waals surface area contributed by atoms with Crippen LogP contribution >= 0.6 is 0 Å². The monoisotopic (exact) mass is 200 g/mol. The van der Waals surface area contributed by atoms with E-state index in [1.165, 1.54) is 0 Å². The number of hydrazone groups is 1. The minimum Gasteiger partial charge on any atom is -0.294 e. The third-order valence-electron chi connectivity index (χ3n) is 1.44. The molecule has 0 aliphatic carbocycles. The lowest BCUT2D eigenvalue weighted by molar-refractivity contribution is -0.126. The number of nitrogens with two attached hydrogens (primary N) is 1. The molecule has 2 amide bonds. The molecule has 0 aromatic heterocycles. The molecule has 80 valence electrons. The lowest BCUT2D eigenvalue weighted by Gasteiger charge is -1.98. The van der Waals surface area contributed by atoms with Gasteiger partial charge in [-0.15, -0.1) is 0 Å².